The van der Waals surface area contributed by atoms with Crippen LogP contribution in [0, 0.1) is 33.1 Å². The number of para-hydroxylation sites is 1. The van der Waals surface area contributed by atoms with Gasteiger partial charge in [-0.25, -0.2) is 4.39 Å². The van der Waals surface area contributed by atoms with E-state index in [2.05, 4.69) is 5.43 Å². The lowest BCUT2D eigenvalue weighted by Crippen LogP contribution is -2.53. The summed E-state index contributed by atoms with van der Waals surface area (Å²) in [6.07, 6.45) is 2.32. The Morgan fingerprint density at radius 3 is 2.31 bits per heavy atom. The lowest BCUT2D eigenvalue weighted by molar-refractivity contribution is -0.138. The number of methoxy groups -OCH3 is 1. The molecule has 4 aliphatic rings. The lowest BCUT2D eigenvalue weighted by atomic mass is 9.49. The highest BCUT2D eigenvalue weighted by molar-refractivity contribution is 14.1. The number of rotatable bonds is 6. The zero-order valence-corrected chi connectivity index (χ0v) is 30.0. The topological polar surface area (TPSA) is 116 Å². The number of amides is 4. The van der Waals surface area contributed by atoms with E-state index in [1.54, 1.807) is 60.7 Å². The molecule has 0 spiro atoms. The number of carbonyl (C=O) groups excluding carboxylic acids is 4. The van der Waals surface area contributed by atoms with Crippen LogP contribution in [0.1, 0.15) is 29.9 Å². The first kappa shape index (κ1) is 33.4. The Bertz CT molecular complexity index is 2150. The molecule has 0 bridgehead atoms. The van der Waals surface area contributed by atoms with Gasteiger partial charge in [0.1, 0.15) is 5.82 Å². The highest BCUT2D eigenvalue weighted by atomic mass is 127. The fraction of sp³-hybridized carbons (Fsp3) is 0.231. The normalized spacial score (nSPS) is 26.8. The van der Waals surface area contributed by atoms with Crippen LogP contribution < -0.4 is 15.1 Å². The van der Waals surface area contributed by atoms with Gasteiger partial charge in [0.25, 0.3) is 11.8 Å². The van der Waals surface area contributed by atoms with E-state index in [1.807, 2.05) is 34.7 Å². The van der Waals surface area contributed by atoms with E-state index >= 15 is 4.79 Å². The van der Waals surface area contributed by atoms with Crippen LogP contribution in [0.4, 0.5) is 15.8 Å². The van der Waals surface area contributed by atoms with Crippen molar-refractivity contribution in [1.82, 2.24) is 5.01 Å². The third-order valence-electron chi connectivity index (χ3n) is 10.9. The lowest BCUT2D eigenvalue weighted by Gasteiger charge is -2.50. The van der Waals surface area contributed by atoms with E-state index < -0.39 is 52.6 Å². The van der Waals surface area contributed by atoms with E-state index in [4.69, 9.17) is 16.3 Å². The van der Waals surface area contributed by atoms with E-state index in [0.717, 1.165) is 10.6 Å². The number of imide groups is 2. The third-order valence-corrected chi connectivity index (χ3v) is 11.9. The van der Waals surface area contributed by atoms with Gasteiger partial charge in [0.15, 0.2) is 11.5 Å². The van der Waals surface area contributed by atoms with E-state index in [9.17, 15) is 23.9 Å². The van der Waals surface area contributed by atoms with Gasteiger partial charge in [-0.3, -0.25) is 29.5 Å². The minimum absolute atomic E-state index is 0.0764. The first-order valence-electron chi connectivity index (χ1n) is 16.4. The first-order chi connectivity index (χ1) is 24.6. The van der Waals surface area contributed by atoms with Crippen LogP contribution in [-0.2, 0) is 24.6 Å². The molecule has 51 heavy (non-hydrogen) atoms. The second-order valence-electron chi connectivity index (χ2n) is 13.3. The fourth-order valence-electron chi connectivity index (χ4n) is 8.78. The number of ether oxygens (including phenoxy) is 1. The molecule has 4 aromatic rings. The minimum Gasteiger partial charge on any atom is -0.504 e. The fourth-order valence-corrected chi connectivity index (χ4v) is 9.53. The Kier molecular flexibility index (Phi) is 8.17. The van der Waals surface area contributed by atoms with Gasteiger partial charge in [0.2, 0.25) is 11.8 Å². The van der Waals surface area contributed by atoms with Crippen molar-refractivity contribution >= 4 is 69.2 Å². The number of halogens is 3. The highest BCUT2D eigenvalue weighted by Crippen LogP contribution is 2.64. The molecular formula is C39H30ClFIN3O6. The largest absolute Gasteiger partial charge is 0.504 e. The molecular weight excluding hydrogens is 788 g/mol. The number of phenolic OH excluding ortho intramolecular Hbond substituents is 1. The maximum Gasteiger partial charge on any atom is 0.260 e. The molecule has 2 heterocycles. The number of carbonyl (C=O) groups is 4. The average molecular weight is 818 g/mol. The number of aromatic hydroxyl groups is 1. The summed E-state index contributed by atoms with van der Waals surface area (Å²) in [4.78, 5) is 59.6. The maximum atomic E-state index is 15.3. The summed E-state index contributed by atoms with van der Waals surface area (Å²) in [5.41, 5.74) is 4.07. The summed E-state index contributed by atoms with van der Waals surface area (Å²) < 4.78 is 19.9. The van der Waals surface area contributed by atoms with Crippen molar-refractivity contribution in [1.29, 1.82) is 0 Å². The number of hydrogen-bond acceptors (Lipinski definition) is 7. The monoisotopic (exact) mass is 817 g/mol. The van der Waals surface area contributed by atoms with Crippen molar-refractivity contribution in [3.05, 3.63) is 128 Å². The van der Waals surface area contributed by atoms with Gasteiger partial charge in [0.05, 0.1) is 45.2 Å². The number of nitrogens with zero attached hydrogens (tertiary/aromatic N) is 2. The Balaban J connectivity index is 1.35. The SMILES string of the molecule is COc1cc(C2C3=CCC4C(=O)N(c5ccccc5)C(=O)C4C3CC3C(=O)N(Nc4ccc(F)cc4)C(=O)C32c2ccc(Cl)cc2)cc(I)c1O. The third kappa shape index (κ3) is 4.99. The number of hydrogen-bond donors (Lipinski definition) is 2. The van der Waals surface area contributed by atoms with E-state index in [-0.39, 0.29) is 36.2 Å². The molecule has 6 unspecified atom stereocenters. The molecule has 2 N–H and O–H groups in total. The number of fused-ring (bicyclic) bond motifs is 4. The molecule has 6 atom stereocenters. The molecule has 2 aliphatic carbocycles. The Morgan fingerprint density at radius 1 is 0.922 bits per heavy atom. The summed E-state index contributed by atoms with van der Waals surface area (Å²) in [5.74, 6) is -5.94. The number of allylic oxidation sites excluding steroid dienone is 2. The van der Waals surface area contributed by atoms with Crippen LogP contribution in [-0.4, -0.2) is 40.9 Å². The number of hydrazine groups is 1. The van der Waals surface area contributed by atoms with Gasteiger partial charge in [0, 0.05) is 10.9 Å². The van der Waals surface area contributed by atoms with Gasteiger partial charge in [-0.2, -0.15) is 5.01 Å². The number of phenols is 1. The first-order valence-corrected chi connectivity index (χ1v) is 17.9. The van der Waals surface area contributed by atoms with Gasteiger partial charge >= 0.3 is 0 Å². The zero-order chi connectivity index (χ0) is 35.8. The molecule has 9 nitrogen and oxygen atoms in total. The predicted molar refractivity (Wildman–Crippen MR) is 195 cm³/mol. The quantitative estimate of drug-likeness (QED) is 0.123. The van der Waals surface area contributed by atoms with Crippen molar-refractivity contribution in [2.24, 2.45) is 23.7 Å². The van der Waals surface area contributed by atoms with Gasteiger partial charge in [-0.1, -0.05) is 53.6 Å². The summed E-state index contributed by atoms with van der Waals surface area (Å²) >= 11 is 8.37. The molecule has 3 fully saturated rings. The smallest absolute Gasteiger partial charge is 0.260 e. The van der Waals surface area contributed by atoms with Crippen LogP contribution >= 0.6 is 34.2 Å². The number of nitrogens with one attached hydrogen (secondary N) is 1. The van der Waals surface area contributed by atoms with Crippen LogP contribution in [0.5, 0.6) is 11.5 Å². The van der Waals surface area contributed by atoms with E-state index in [0.29, 0.717) is 31.1 Å². The molecule has 12 heteroatoms. The zero-order valence-electron chi connectivity index (χ0n) is 27.1. The van der Waals surface area contributed by atoms with Crippen LogP contribution in [0.25, 0.3) is 0 Å². The standard InChI is InChI=1S/C39H30ClFIN3O6/c1-51-31-18-20(17-30(42)34(31)46)33-26-15-16-27-32(37(49)44(35(27)47)25-5-3-2-4-6-25)28(26)19-29-36(48)45(43-24-13-11-23(41)12-14-24)38(50)39(29,33)21-7-9-22(40)10-8-21/h2-15,17-18,27-29,32-33,43,46H,16,19H2,1H3. The molecule has 2 aliphatic heterocycles. The Morgan fingerprint density at radius 2 is 1.63 bits per heavy atom. The average Bonchev–Trinajstić information content (AvgIpc) is 3.51. The Hall–Kier alpha value is -4.75. The van der Waals surface area contributed by atoms with Crippen molar-refractivity contribution < 1.29 is 33.4 Å². The van der Waals surface area contributed by atoms with Crippen LogP contribution in [0.3, 0.4) is 0 Å². The van der Waals surface area contributed by atoms with Crippen molar-refractivity contribution in [2.75, 3.05) is 17.4 Å². The summed E-state index contributed by atoms with van der Waals surface area (Å²) in [5, 5.41) is 12.3. The highest BCUT2D eigenvalue weighted by Gasteiger charge is 2.70. The second kappa shape index (κ2) is 12.5. The summed E-state index contributed by atoms with van der Waals surface area (Å²) in [7, 11) is 1.43. The van der Waals surface area contributed by atoms with Gasteiger partial charge < -0.3 is 9.84 Å². The molecule has 4 amide bonds. The number of benzene rings is 4. The molecule has 4 aromatic carbocycles. The van der Waals surface area contributed by atoms with Crippen LogP contribution in [0.2, 0.25) is 5.02 Å². The van der Waals surface area contributed by atoms with Gasteiger partial charge in [-0.15, -0.1) is 0 Å². The van der Waals surface area contributed by atoms with Crippen molar-refractivity contribution in [3.63, 3.8) is 0 Å². The predicted octanol–water partition coefficient (Wildman–Crippen LogP) is 6.99. The maximum absolute atomic E-state index is 15.3. The Labute approximate surface area is 311 Å². The molecule has 0 radical (unpaired) electrons. The minimum atomic E-state index is -1.56. The number of anilines is 2. The van der Waals surface area contributed by atoms with E-state index in [1.165, 1.54) is 36.3 Å². The van der Waals surface area contributed by atoms with Crippen molar-refractivity contribution in [2.45, 2.75) is 24.2 Å². The summed E-state index contributed by atoms with van der Waals surface area (Å²) in [6, 6.07) is 24.4. The molecule has 0 aromatic heterocycles. The van der Waals surface area contributed by atoms with Crippen LogP contribution in [0.15, 0.2) is 103 Å². The molecule has 1 saturated carbocycles. The molecule has 8 rings (SSSR count). The molecule has 258 valence electrons. The van der Waals surface area contributed by atoms with Gasteiger partial charge in [-0.05, 0) is 113 Å². The second-order valence-corrected chi connectivity index (χ2v) is 14.9. The summed E-state index contributed by atoms with van der Waals surface area (Å²) in [6.45, 7) is 0. The van der Waals surface area contributed by atoms with Crippen molar-refractivity contribution in [3.8, 4) is 11.5 Å². The molecule has 2 saturated heterocycles.